The summed E-state index contributed by atoms with van der Waals surface area (Å²) < 4.78 is 13.7. The van der Waals surface area contributed by atoms with Crippen molar-refractivity contribution in [2.24, 2.45) is 0 Å². The third kappa shape index (κ3) is 1.91. The van der Waals surface area contributed by atoms with Gasteiger partial charge in [-0.2, -0.15) is 0 Å². The van der Waals surface area contributed by atoms with Crippen molar-refractivity contribution < 1.29 is 14.3 Å². The molecule has 0 bridgehead atoms. The van der Waals surface area contributed by atoms with Crippen LogP contribution in [0.1, 0.15) is 23.2 Å². The molecule has 5 heteroatoms. The summed E-state index contributed by atoms with van der Waals surface area (Å²) in [7, 11) is 0. The van der Waals surface area contributed by atoms with Gasteiger partial charge < -0.3 is 10.0 Å². The van der Waals surface area contributed by atoms with E-state index in [0.717, 1.165) is 19.0 Å². The maximum atomic E-state index is 13.7. The van der Waals surface area contributed by atoms with Crippen LogP contribution < -0.4 is 0 Å². The van der Waals surface area contributed by atoms with E-state index < -0.39 is 5.82 Å². The van der Waals surface area contributed by atoms with E-state index in [0.29, 0.717) is 18.5 Å². The summed E-state index contributed by atoms with van der Waals surface area (Å²) in [4.78, 5) is 17.9. The second kappa shape index (κ2) is 4.50. The number of aromatic hydroxyl groups is 1. The Morgan fingerprint density at radius 1 is 1.32 bits per heavy atom. The van der Waals surface area contributed by atoms with Crippen molar-refractivity contribution in [2.75, 3.05) is 13.1 Å². The molecule has 0 spiro atoms. The van der Waals surface area contributed by atoms with Crippen LogP contribution in [0.4, 0.5) is 4.39 Å². The molecule has 1 aromatic heterocycles. The number of amides is 1. The molecule has 1 fully saturated rings. The maximum Gasteiger partial charge on any atom is 0.258 e. The van der Waals surface area contributed by atoms with E-state index >= 15 is 0 Å². The lowest BCUT2D eigenvalue weighted by molar-refractivity contribution is 0.0792. The molecule has 1 amide bonds. The van der Waals surface area contributed by atoms with E-state index in [1.54, 1.807) is 11.0 Å². The Morgan fingerprint density at radius 3 is 2.79 bits per heavy atom. The molecule has 0 aliphatic carbocycles. The summed E-state index contributed by atoms with van der Waals surface area (Å²) in [5, 5.41) is 10.3. The molecule has 4 nitrogen and oxygen atoms in total. The number of aromatic nitrogens is 1. The van der Waals surface area contributed by atoms with Crippen LogP contribution in [-0.4, -0.2) is 34.0 Å². The molecule has 3 rings (SSSR count). The van der Waals surface area contributed by atoms with Gasteiger partial charge in [-0.15, -0.1) is 0 Å². The van der Waals surface area contributed by atoms with Gasteiger partial charge in [-0.25, -0.2) is 9.37 Å². The molecule has 2 heterocycles. The largest absolute Gasteiger partial charge is 0.505 e. The third-order valence-corrected chi connectivity index (χ3v) is 3.44. The number of para-hydroxylation sites is 1. The van der Waals surface area contributed by atoms with Crippen LogP contribution in [0, 0.1) is 5.82 Å². The van der Waals surface area contributed by atoms with Crippen LogP contribution in [0.2, 0.25) is 0 Å². The molecule has 1 aliphatic heterocycles. The number of rotatable bonds is 1. The van der Waals surface area contributed by atoms with E-state index in [2.05, 4.69) is 4.98 Å². The fraction of sp³-hybridized carbons (Fsp3) is 0.286. The van der Waals surface area contributed by atoms with E-state index in [1.807, 2.05) is 0 Å². The molecular weight excluding hydrogens is 247 g/mol. The van der Waals surface area contributed by atoms with Crippen molar-refractivity contribution >= 4 is 16.8 Å². The van der Waals surface area contributed by atoms with Gasteiger partial charge in [0.25, 0.3) is 5.91 Å². The monoisotopic (exact) mass is 260 g/mol. The zero-order chi connectivity index (χ0) is 13.4. The number of hydrogen-bond donors (Lipinski definition) is 1. The van der Waals surface area contributed by atoms with Crippen molar-refractivity contribution in [3.8, 4) is 5.75 Å². The van der Waals surface area contributed by atoms with Crippen LogP contribution >= 0.6 is 0 Å². The quantitative estimate of drug-likeness (QED) is 0.856. The van der Waals surface area contributed by atoms with Crippen molar-refractivity contribution in [2.45, 2.75) is 12.8 Å². The Hall–Kier alpha value is -2.17. The summed E-state index contributed by atoms with van der Waals surface area (Å²) in [5.74, 6) is -0.948. The highest BCUT2D eigenvalue weighted by atomic mass is 19.1. The summed E-state index contributed by atoms with van der Waals surface area (Å²) in [6.45, 7) is 1.36. The van der Waals surface area contributed by atoms with E-state index in [-0.39, 0.29) is 22.7 Å². The number of pyridine rings is 1. The zero-order valence-corrected chi connectivity index (χ0v) is 10.3. The number of carbonyl (C=O) groups is 1. The van der Waals surface area contributed by atoms with Crippen molar-refractivity contribution in [3.05, 3.63) is 35.8 Å². The second-order valence-corrected chi connectivity index (χ2v) is 4.65. The second-order valence-electron chi connectivity index (χ2n) is 4.65. The SMILES string of the molecule is O=C(c1c(O)cnc2c(F)cccc12)N1CCCC1. The third-order valence-electron chi connectivity index (χ3n) is 3.44. The molecule has 2 aromatic rings. The fourth-order valence-electron chi connectivity index (χ4n) is 2.48. The maximum absolute atomic E-state index is 13.7. The van der Waals surface area contributed by atoms with Crippen LogP contribution in [-0.2, 0) is 0 Å². The molecule has 0 radical (unpaired) electrons. The van der Waals surface area contributed by atoms with Crippen molar-refractivity contribution in [3.63, 3.8) is 0 Å². The first-order valence-electron chi connectivity index (χ1n) is 6.24. The molecule has 1 N–H and O–H groups in total. The average molecular weight is 260 g/mol. The number of carbonyl (C=O) groups excluding carboxylic acids is 1. The van der Waals surface area contributed by atoms with E-state index in [9.17, 15) is 14.3 Å². The minimum atomic E-state index is -0.493. The zero-order valence-electron chi connectivity index (χ0n) is 10.3. The van der Waals surface area contributed by atoms with Gasteiger partial charge in [-0.3, -0.25) is 4.79 Å². The smallest absolute Gasteiger partial charge is 0.258 e. The first-order valence-corrected chi connectivity index (χ1v) is 6.24. The van der Waals surface area contributed by atoms with Crippen LogP contribution in [0.15, 0.2) is 24.4 Å². The molecule has 1 saturated heterocycles. The normalized spacial score (nSPS) is 15.1. The number of likely N-dealkylation sites (tertiary alicyclic amines) is 1. The standard InChI is InChI=1S/C14H13FN2O2/c15-10-5-3-4-9-12(11(18)8-16-13(9)10)14(19)17-6-1-2-7-17/h3-5,8,18H,1-2,6-7H2. The summed E-state index contributed by atoms with van der Waals surface area (Å²) in [5.41, 5.74) is 0.259. The van der Waals surface area contributed by atoms with Gasteiger partial charge in [0.05, 0.1) is 11.8 Å². The first-order chi connectivity index (χ1) is 9.18. The van der Waals surface area contributed by atoms with E-state index in [1.165, 1.54) is 12.1 Å². The van der Waals surface area contributed by atoms with Crippen molar-refractivity contribution in [1.82, 2.24) is 9.88 Å². The summed E-state index contributed by atoms with van der Waals surface area (Å²) in [6.07, 6.45) is 3.06. The lowest BCUT2D eigenvalue weighted by Crippen LogP contribution is -2.28. The molecule has 98 valence electrons. The van der Waals surface area contributed by atoms with Gasteiger partial charge >= 0.3 is 0 Å². The summed E-state index contributed by atoms with van der Waals surface area (Å²) in [6, 6.07) is 4.41. The molecule has 1 aliphatic rings. The molecule has 0 unspecified atom stereocenters. The predicted octanol–water partition coefficient (Wildman–Crippen LogP) is 2.32. The first kappa shape index (κ1) is 11.9. The highest BCUT2D eigenvalue weighted by Crippen LogP contribution is 2.28. The lowest BCUT2D eigenvalue weighted by atomic mass is 10.1. The molecule has 19 heavy (non-hydrogen) atoms. The Kier molecular flexibility index (Phi) is 2.81. The van der Waals surface area contributed by atoms with Gasteiger partial charge in [0.1, 0.15) is 17.1 Å². The van der Waals surface area contributed by atoms with Crippen LogP contribution in [0.25, 0.3) is 10.9 Å². The summed E-state index contributed by atoms with van der Waals surface area (Å²) >= 11 is 0. The Morgan fingerprint density at radius 2 is 2.05 bits per heavy atom. The molecular formula is C14H13FN2O2. The van der Waals surface area contributed by atoms with Crippen molar-refractivity contribution in [1.29, 1.82) is 0 Å². The van der Waals surface area contributed by atoms with Crippen LogP contribution in [0.5, 0.6) is 5.75 Å². The number of halogens is 1. The highest BCUT2D eigenvalue weighted by molar-refractivity contribution is 6.08. The van der Waals surface area contributed by atoms with Gasteiger partial charge in [0.2, 0.25) is 0 Å². The Bertz CT molecular complexity index is 651. The van der Waals surface area contributed by atoms with Gasteiger partial charge in [-0.1, -0.05) is 12.1 Å². The Balaban J connectivity index is 2.18. The lowest BCUT2D eigenvalue weighted by Gasteiger charge is -2.17. The van der Waals surface area contributed by atoms with Gasteiger partial charge in [-0.05, 0) is 18.9 Å². The van der Waals surface area contributed by atoms with Gasteiger partial charge in [0, 0.05) is 18.5 Å². The number of fused-ring (bicyclic) bond motifs is 1. The fourth-order valence-corrected chi connectivity index (χ4v) is 2.48. The Labute approximate surface area is 109 Å². The molecule has 0 saturated carbocycles. The minimum Gasteiger partial charge on any atom is -0.505 e. The predicted molar refractivity (Wildman–Crippen MR) is 68.5 cm³/mol. The van der Waals surface area contributed by atoms with Gasteiger partial charge in [0.15, 0.2) is 0 Å². The highest BCUT2D eigenvalue weighted by Gasteiger charge is 2.24. The molecule has 0 atom stereocenters. The average Bonchev–Trinajstić information content (AvgIpc) is 2.92. The number of nitrogens with zero attached hydrogens (tertiary/aromatic N) is 2. The number of hydrogen-bond acceptors (Lipinski definition) is 3. The topological polar surface area (TPSA) is 53.4 Å². The molecule has 1 aromatic carbocycles. The number of benzene rings is 1. The van der Waals surface area contributed by atoms with Crippen LogP contribution in [0.3, 0.4) is 0 Å². The minimum absolute atomic E-state index is 0.114. The van der Waals surface area contributed by atoms with E-state index in [4.69, 9.17) is 0 Å².